The predicted molar refractivity (Wildman–Crippen MR) is 94.5 cm³/mol. The molecule has 0 saturated heterocycles. The fraction of sp³-hybridized carbons (Fsp3) is 0.500. The van der Waals surface area contributed by atoms with Gasteiger partial charge in [0.25, 0.3) is 5.91 Å². The van der Waals surface area contributed by atoms with E-state index >= 15 is 0 Å². The fourth-order valence-electron chi connectivity index (χ4n) is 2.19. The second-order valence-electron chi connectivity index (χ2n) is 6.29. The third-order valence-corrected chi connectivity index (χ3v) is 3.46. The van der Waals surface area contributed by atoms with Gasteiger partial charge in [0.15, 0.2) is 6.61 Å². The quantitative estimate of drug-likeness (QED) is 0.717. The lowest BCUT2D eigenvalue weighted by atomic mass is 10.0. The van der Waals surface area contributed by atoms with E-state index in [4.69, 9.17) is 4.74 Å². The van der Waals surface area contributed by atoms with Gasteiger partial charge in [0.1, 0.15) is 6.04 Å². The highest BCUT2D eigenvalue weighted by atomic mass is 16.5. The average Bonchev–Trinajstić information content (AvgIpc) is 2.58. The highest BCUT2D eigenvalue weighted by Gasteiger charge is 2.23. The minimum atomic E-state index is -0.756. The van der Waals surface area contributed by atoms with E-state index in [0.717, 1.165) is 5.69 Å². The van der Waals surface area contributed by atoms with E-state index in [1.165, 1.54) is 7.11 Å². The van der Waals surface area contributed by atoms with Crippen molar-refractivity contribution < 1.29 is 23.9 Å². The summed E-state index contributed by atoms with van der Waals surface area (Å²) in [5.74, 6) is -1.47. The molecule has 0 aliphatic heterocycles. The van der Waals surface area contributed by atoms with Gasteiger partial charge in [-0.15, -0.1) is 0 Å². The summed E-state index contributed by atoms with van der Waals surface area (Å²) in [4.78, 5) is 37.6. The molecule has 138 valence electrons. The van der Waals surface area contributed by atoms with Crippen LogP contribution in [0.25, 0.3) is 0 Å². The zero-order valence-corrected chi connectivity index (χ0v) is 15.4. The normalized spacial score (nSPS) is 11.6. The van der Waals surface area contributed by atoms with E-state index in [1.54, 1.807) is 18.2 Å². The van der Waals surface area contributed by atoms with Crippen LogP contribution in [-0.2, 0) is 19.1 Å². The molecule has 7 nitrogen and oxygen atoms in total. The van der Waals surface area contributed by atoms with Gasteiger partial charge in [-0.05, 0) is 30.5 Å². The van der Waals surface area contributed by atoms with Crippen molar-refractivity contribution >= 4 is 23.5 Å². The Morgan fingerprint density at radius 1 is 1.20 bits per heavy atom. The molecule has 0 bridgehead atoms. The van der Waals surface area contributed by atoms with Gasteiger partial charge in [-0.25, -0.2) is 9.59 Å². The van der Waals surface area contributed by atoms with E-state index in [2.05, 4.69) is 10.1 Å². The first-order valence-corrected chi connectivity index (χ1v) is 8.06. The van der Waals surface area contributed by atoms with Gasteiger partial charge in [-0.1, -0.05) is 19.9 Å². The molecule has 0 saturated carbocycles. The van der Waals surface area contributed by atoms with Crippen molar-refractivity contribution in [2.45, 2.75) is 26.3 Å². The molecule has 0 fully saturated rings. The number of carbonyl (C=O) groups is 3. The number of amides is 1. The van der Waals surface area contributed by atoms with Crippen molar-refractivity contribution in [2.75, 3.05) is 32.7 Å². The van der Waals surface area contributed by atoms with Crippen LogP contribution in [-0.4, -0.2) is 51.7 Å². The van der Waals surface area contributed by atoms with Gasteiger partial charge >= 0.3 is 11.9 Å². The van der Waals surface area contributed by atoms with Gasteiger partial charge in [0.05, 0.1) is 12.7 Å². The first-order valence-electron chi connectivity index (χ1n) is 8.06. The van der Waals surface area contributed by atoms with Crippen LogP contribution in [0.5, 0.6) is 0 Å². The highest BCUT2D eigenvalue weighted by Crippen LogP contribution is 2.14. The van der Waals surface area contributed by atoms with Crippen molar-refractivity contribution in [3.63, 3.8) is 0 Å². The zero-order valence-electron chi connectivity index (χ0n) is 15.4. The van der Waals surface area contributed by atoms with Crippen LogP contribution >= 0.6 is 0 Å². The number of rotatable bonds is 8. The summed E-state index contributed by atoms with van der Waals surface area (Å²) in [6, 6.07) is 6.13. The molecule has 1 aromatic carbocycles. The number of anilines is 1. The van der Waals surface area contributed by atoms with Crippen LogP contribution in [0.15, 0.2) is 24.3 Å². The summed E-state index contributed by atoms with van der Waals surface area (Å²) in [5.41, 5.74) is 1.20. The predicted octanol–water partition coefficient (Wildman–Crippen LogP) is 1.61. The van der Waals surface area contributed by atoms with Gasteiger partial charge in [-0.3, -0.25) is 4.79 Å². The van der Waals surface area contributed by atoms with E-state index < -0.39 is 30.5 Å². The van der Waals surface area contributed by atoms with Crippen LogP contribution in [0.2, 0.25) is 0 Å². The maximum absolute atomic E-state index is 12.1. The summed E-state index contributed by atoms with van der Waals surface area (Å²) < 4.78 is 9.70. The van der Waals surface area contributed by atoms with Crippen LogP contribution in [0.1, 0.15) is 30.6 Å². The van der Waals surface area contributed by atoms with Crippen LogP contribution < -0.4 is 10.2 Å². The Kier molecular flexibility index (Phi) is 7.91. The standard InChI is InChI=1S/C18H26N2O5/c1-12(2)9-15(18(23)24-5)19-16(21)11-25-17(22)13-7-6-8-14(10-13)20(3)4/h6-8,10,12,15H,9,11H2,1-5H3,(H,19,21)/t15-/m0/s1. The Labute approximate surface area is 148 Å². The molecule has 0 aromatic heterocycles. The Balaban J connectivity index is 2.61. The van der Waals surface area contributed by atoms with Gasteiger partial charge in [0, 0.05) is 19.8 Å². The zero-order chi connectivity index (χ0) is 19.0. The number of nitrogens with one attached hydrogen (secondary N) is 1. The molecule has 0 aliphatic rings. The fourth-order valence-corrected chi connectivity index (χ4v) is 2.19. The molecule has 7 heteroatoms. The number of methoxy groups -OCH3 is 1. The molecular weight excluding hydrogens is 324 g/mol. The number of benzene rings is 1. The first kappa shape index (κ1) is 20.5. The molecule has 25 heavy (non-hydrogen) atoms. The largest absolute Gasteiger partial charge is 0.467 e. The third-order valence-electron chi connectivity index (χ3n) is 3.46. The SMILES string of the molecule is COC(=O)[C@H](CC(C)C)NC(=O)COC(=O)c1cccc(N(C)C)c1. The van der Waals surface area contributed by atoms with Crippen LogP contribution in [0.3, 0.4) is 0 Å². The Bertz CT molecular complexity index is 613. The van der Waals surface area contributed by atoms with Crippen molar-refractivity contribution in [1.29, 1.82) is 0 Å². The molecular formula is C18H26N2O5. The second-order valence-corrected chi connectivity index (χ2v) is 6.29. The molecule has 1 aromatic rings. The first-order chi connectivity index (χ1) is 11.7. The summed E-state index contributed by atoms with van der Waals surface area (Å²) in [6.07, 6.45) is 0.442. The smallest absolute Gasteiger partial charge is 0.338 e. The van der Waals surface area contributed by atoms with Gasteiger partial charge < -0.3 is 19.7 Å². The van der Waals surface area contributed by atoms with E-state index in [9.17, 15) is 14.4 Å². The molecule has 1 N–H and O–H groups in total. The molecule has 0 radical (unpaired) electrons. The molecule has 1 amide bonds. The number of hydrogen-bond acceptors (Lipinski definition) is 6. The van der Waals surface area contributed by atoms with Crippen LogP contribution in [0.4, 0.5) is 5.69 Å². The summed E-state index contributed by atoms with van der Waals surface area (Å²) in [7, 11) is 4.98. The van der Waals surface area contributed by atoms with Crippen molar-refractivity contribution in [2.24, 2.45) is 5.92 Å². The van der Waals surface area contributed by atoms with Crippen molar-refractivity contribution in [3.8, 4) is 0 Å². The Morgan fingerprint density at radius 2 is 1.88 bits per heavy atom. The van der Waals surface area contributed by atoms with E-state index in [0.29, 0.717) is 12.0 Å². The maximum Gasteiger partial charge on any atom is 0.338 e. The summed E-state index contributed by atoms with van der Waals surface area (Å²) in [6.45, 7) is 3.40. The third kappa shape index (κ3) is 6.82. The van der Waals surface area contributed by atoms with Gasteiger partial charge in [0.2, 0.25) is 0 Å². The molecule has 0 aliphatic carbocycles. The lowest BCUT2D eigenvalue weighted by Gasteiger charge is -2.18. The topological polar surface area (TPSA) is 84.9 Å². The second kappa shape index (κ2) is 9.66. The van der Waals surface area contributed by atoms with Crippen LogP contribution in [0, 0.1) is 5.92 Å². The number of esters is 2. The average molecular weight is 350 g/mol. The maximum atomic E-state index is 12.1. The number of hydrogen-bond donors (Lipinski definition) is 1. The molecule has 1 atom stereocenters. The van der Waals surface area contributed by atoms with E-state index in [-0.39, 0.29) is 5.92 Å². The van der Waals surface area contributed by atoms with Crippen molar-refractivity contribution in [1.82, 2.24) is 5.32 Å². The Hall–Kier alpha value is -2.57. The molecule has 0 unspecified atom stereocenters. The summed E-state index contributed by atoms with van der Waals surface area (Å²) >= 11 is 0. The molecule has 0 heterocycles. The summed E-state index contributed by atoms with van der Waals surface area (Å²) in [5, 5.41) is 2.54. The minimum absolute atomic E-state index is 0.195. The van der Waals surface area contributed by atoms with Gasteiger partial charge in [-0.2, -0.15) is 0 Å². The highest BCUT2D eigenvalue weighted by molar-refractivity contribution is 5.93. The molecule has 1 rings (SSSR count). The van der Waals surface area contributed by atoms with E-state index in [1.807, 2.05) is 38.9 Å². The monoisotopic (exact) mass is 350 g/mol. The minimum Gasteiger partial charge on any atom is -0.467 e. The lowest BCUT2D eigenvalue weighted by molar-refractivity contribution is -0.145. The number of nitrogens with zero attached hydrogens (tertiary/aromatic N) is 1. The van der Waals surface area contributed by atoms with Crippen molar-refractivity contribution in [3.05, 3.63) is 29.8 Å². The lowest BCUT2D eigenvalue weighted by Crippen LogP contribution is -2.44. The number of ether oxygens (including phenoxy) is 2. The molecule has 0 spiro atoms. The Morgan fingerprint density at radius 3 is 2.44 bits per heavy atom. The number of carbonyl (C=O) groups excluding carboxylic acids is 3.